The Balaban J connectivity index is 2.04. The number of carboxylic acids is 1. The molecule has 0 atom stereocenters. The number of aromatic nitrogens is 2. The summed E-state index contributed by atoms with van der Waals surface area (Å²) in [5, 5.41) is 13.7. The smallest absolute Gasteiger partial charge is 0.354 e. The van der Waals surface area contributed by atoms with Gasteiger partial charge in [-0.05, 0) is 28.1 Å². The van der Waals surface area contributed by atoms with E-state index in [1.54, 1.807) is 11.3 Å². The molecule has 0 fully saturated rings. The van der Waals surface area contributed by atoms with Gasteiger partial charge in [-0.3, -0.25) is 0 Å². The van der Waals surface area contributed by atoms with Crippen LogP contribution in [0.2, 0.25) is 0 Å². The largest absolute Gasteiger partial charge is 0.477 e. The molecule has 0 aliphatic heterocycles. The third-order valence-corrected chi connectivity index (χ3v) is 3.61. The van der Waals surface area contributed by atoms with Gasteiger partial charge in [-0.25, -0.2) is 14.8 Å². The van der Waals surface area contributed by atoms with E-state index in [2.05, 4.69) is 31.2 Å². The zero-order valence-corrected chi connectivity index (χ0v) is 11.0. The Morgan fingerprint density at radius 1 is 1.59 bits per heavy atom. The topological polar surface area (TPSA) is 75.1 Å². The first kappa shape index (κ1) is 12.0. The van der Waals surface area contributed by atoms with Crippen LogP contribution in [0.4, 0.5) is 5.95 Å². The zero-order valence-electron chi connectivity index (χ0n) is 8.55. The van der Waals surface area contributed by atoms with Gasteiger partial charge in [0.05, 0.1) is 6.54 Å². The van der Waals surface area contributed by atoms with Crippen LogP contribution in [-0.4, -0.2) is 21.0 Å². The Bertz CT molecular complexity index is 544. The predicted molar refractivity (Wildman–Crippen MR) is 68.3 cm³/mol. The molecule has 0 unspecified atom stereocenters. The maximum Gasteiger partial charge on any atom is 0.354 e. The number of carboxylic acid groups (broad SMARTS) is 1. The first-order valence-electron chi connectivity index (χ1n) is 4.68. The first-order valence-corrected chi connectivity index (χ1v) is 6.35. The van der Waals surface area contributed by atoms with E-state index in [-0.39, 0.29) is 5.69 Å². The average molecular weight is 314 g/mol. The van der Waals surface area contributed by atoms with Crippen molar-refractivity contribution in [2.75, 3.05) is 5.32 Å². The number of hydrogen-bond donors (Lipinski definition) is 2. The predicted octanol–water partition coefficient (Wildman–Crippen LogP) is 2.61. The number of halogens is 1. The van der Waals surface area contributed by atoms with Crippen LogP contribution in [0.5, 0.6) is 0 Å². The van der Waals surface area contributed by atoms with Gasteiger partial charge >= 0.3 is 5.97 Å². The van der Waals surface area contributed by atoms with E-state index in [9.17, 15) is 4.79 Å². The normalized spacial score (nSPS) is 10.2. The third kappa shape index (κ3) is 3.24. The molecule has 0 aliphatic rings. The summed E-state index contributed by atoms with van der Waals surface area (Å²) in [7, 11) is 0. The molecule has 0 radical (unpaired) electrons. The highest BCUT2D eigenvalue weighted by Crippen LogP contribution is 2.20. The second kappa shape index (κ2) is 5.24. The summed E-state index contributed by atoms with van der Waals surface area (Å²) in [4.78, 5) is 19.6. The highest BCUT2D eigenvalue weighted by Gasteiger charge is 2.06. The Morgan fingerprint density at radius 2 is 2.41 bits per heavy atom. The molecular formula is C10H8BrN3O2S. The molecule has 0 aromatic carbocycles. The van der Waals surface area contributed by atoms with Crippen LogP contribution in [-0.2, 0) is 6.54 Å². The summed E-state index contributed by atoms with van der Waals surface area (Å²) in [6.45, 7) is 0.569. The number of nitrogens with one attached hydrogen (secondary N) is 1. The molecule has 2 N–H and O–H groups in total. The van der Waals surface area contributed by atoms with Crippen molar-refractivity contribution in [3.8, 4) is 0 Å². The van der Waals surface area contributed by atoms with E-state index < -0.39 is 5.97 Å². The summed E-state index contributed by atoms with van der Waals surface area (Å²) in [5.74, 6) is -0.747. The SMILES string of the molecule is O=C(O)c1ccnc(NCc2cc(Br)cs2)n1. The maximum atomic E-state index is 10.7. The van der Waals surface area contributed by atoms with Crippen molar-refractivity contribution in [1.82, 2.24) is 9.97 Å². The second-order valence-electron chi connectivity index (χ2n) is 3.16. The van der Waals surface area contributed by atoms with Gasteiger partial charge in [-0.15, -0.1) is 11.3 Å². The van der Waals surface area contributed by atoms with E-state index in [1.807, 2.05) is 11.4 Å². The maximum absolute atomic E-state index is 10.7. The molecule has 2 aromatic rings. The van der Waals surface area contributed by atoms with Crippen molar-refractivity contribution in [3.05, 3.63) is 38.8 Å². The van der Waals surface area contributed by atoms with Gasteiger partial charge < -0.3 is 10.4 Å². The molecule has 2 rings (SSSR count). The van der Waals surface area contributed by atoms with E-state index in [4.69, 9.17) is 5.11 Å². The van der Waals surface area contributed by atoms with Gasteiger partial charge in [0.2, 0.25) is 5.95 Å². The Hall–Kier alpha value is -1.47. The number of rotatable bonds is 4. The van der Waals surface area contributed by atoms with Crippen LogP contribution in [0.1, 0.15) is 15.4 Å². The van der Waals surface area contributed by atoms with Crippen molar-refractivity contribution in [3.63, 3.8) is 0 Å². The van der Waals surface area contributed by atoms with Crippen LogP contribution >= 0.6 is 27.3 Å². The molecule has 0 saturated carbocycles. The highest BCUT2D eigenvalue weighted by molar-refractivity contribution is 9.10. The van der Waals surface area contributed by atoms with Gasteiger partial charge in [-0.2, -0.15) is 0 Å². The summed E-state index contributed by atoms with van der Waals surface area (Å²) < 4.78 is 1.03. The van der Waals surface area contributed by atoms with Crippen molar-refractivity contribution in [2.45, 2.75) is 6.54 Å². The molecule has 0 amide bonds. The summed E-state index contributed by atoms with van der Waals surface area (Å²) in [6.07, 6.45) is 1.42. The minimum absolute atomic E-state index is 0.0186. The zero-order chi connectivity index (χ0) is 12.3. The van der Waals surface area contributed by atoms with Crippen LogP contribution in [0.3, 0.4) is 0 Å². The lowest BCUT2D eigenvalue weighted by Crippen LogP contribution is -2.06. The minimum atomic E-state index is -1.06. The number of anilines is 1. The van der Waals surface area contributed by atoms with Crippen LogP contribution in [0.15, 0.2) is 28.2 Å². The minimum Gasteiger partial charge on any atom is -0.477 e. The summed E-state index contributed by atoms with van der Waals surface area (Å²) in [6, 6.07) is 3.34. The lowest BCUT2D eigenvalue weighted by Gasteiger charge is -2.02. The monoisotopic (exact) mass is 313 g/mol. The van der Waals surface area contributed by atoms with Gasteiger partial charge in [0, 0.05) is 20.9 Å². The fraction of sp³-hybridized carbons (Fsp3) is 0.100. The average Bonchev–Trinajstić information content (AvgIpc) is 2.73. The van der Waals surface area contributed by atoms with E-state index >= 15 is 0 Å². The van der Waals surface area contributed by atoms with Gasteiger partial charge in [0.25, 0.3) is 0 Å². The molecule has 2 heterocycles. The number of nitrogens with zero attached hydrogens (tertiary/aromatic N) is 2. The Kier molecular flexibility index (Phi) is 3.70. The molecule has 88 valence electrons. The number of aromatic carboxylic acids is 1. The van der Waals surface area contributed by atoms with Crippen molar-refractivity contribution in [1.29, 1.82) is 0 Å². The number of thiophene rings is 1. The van der Waals surface area contributed by atoms with Gasteiger partial charge in [0.1, 0.15) is 0 Å². The Labute approximate surface area is 110 Å². The molecule has 0 saturated heterocycles. The number of hydrogen-bond acceptors (Lipinski definition) is 5. The quantitative estimate of drug-likeness (QED) is 0.907. The van der Waals surface area contributed by atoms with E-state index in [0.717, 1.165) is 9.35 Å². The number of carbonyl (C=O) groups is 1. The molecule has 2 aromatic heterocycles. The van der Waals surface area contributed by atoms with Gasteiger partial charge in [-0.1, -0.05) is 0 Å². The molecule has 17 heavy (non-hydrogen) atoms. The fourth-order valence-corrected chi connectivity index (χ4v) is 2.57. The molecular weight excluding hydrogens is 306 g/mol. The molecule has 0 spiro atoms. The lowest BCUT2D eigenvalue weighted by atomic mass is 10.4. The first-order chi connectivity index (χ1) is 8.15. The summed E-state index contributed by atoms with van der Waals surface area (Å²) >= 11 is 4.96. The van der Waals surface area contributed by atoms with Crippen molar-refractivity contribution >= 4 is 39.2 Å². The molecule has 0 bridgehead atoms. The lowest BCUT2D eigenvalue weighted by molar-refractivity contribution is 0.0690. The van der Waals surface area contributed by atoms with E-state index in [0.29, 0.717) is 12.5 Å². The van der Waals surface area contributed by atoms with E-state index in [1.165, 1.54) is 12.3 Å². The molecule has 5 nitrogen and oxygen atoms in total. The van der Waals surface area contributed by atoms with Crippen molar-refractivity contribution in [2.24, 2.45) is 0 Å². The molecule has 0 aliphatic carbocycles. The van der Waals surface area contributed by atoms with Crippen molar-refractivity contribution < 1.29 is 9.90 Å². The second-order valence-corrected chi connectivity index (χ2v) is 5.07. The summed E-state index contributed by atoms with van der Waals surface area (Å²) in [5.41, 5.74) is -0.0186. The Morgan fingerprint density at radius 3 is 3.06 bits per heavy atom. The van der Waals surface area contributed by atoms with Gasteiger partial charge in [0.15, 0.2) is 5.69 Å². The van der Waals surface area contributed by atoms with Crippen LogP contribution in [0.25, 0.3) is 0 Å². The van der Waals surface area contributed by atoms with Crippen LogP contribution < -0.4 is 5.32 Å². The highest BCUT2D eigenvalue weighted by atomic mass is 79.9. The molecule has 7 heteroatoms. The van der Waals surface area contributed by atoms with Crippen LogP contribution in [0, 0.1) is 0 Å². The standard InChI is InChI=1S/C10H8BrN3O2S/c11-6-3-7(17-5-6)4-13-10-12-2-1-8(14-10)9(15)16/h1-3,5H,4H2,(H,15,16)(H,12,13,14). The third-order valence-electron chi connectivity index (χ3n) is 1.92. The fourth-order valence-electron chi connectivity index (χ4n) is 1.18.